The highest BCUT2D eigenvalue weighted by Gasteiger charge is 2.08. The number of hydrogen-bond acceptors (Lipinski definition) is 7. The first-order chi connectivity index (χ1) is 12.1. The lowest BCUT2D eigenvalue weighted by molar-refractivity contribution is -0.144. The molecule has 0 aromatic heterocycles. The molecule has 0 N–H and O–H groups in total. The van der Waals surface area contributed by atoms with Crippen LogP contribution in [0.2, 0.25) is 0 Å². The summed E-state index contributed by atoms with van der Waals surface area (Å²) >= 11 is 0. The summed E-state index contributed by atoms with van der Waals surface area (Å²) in [5.74, 6) is -1.14. The van der Waals surface area contributed by atoms with Crippen LogP contribution in [0.25, 0.3) is 0 Å². The molecule has 0 atom stereocenters. The van der Waals surface area contributed by atoms with E-state index >= 15 is 0 Å². The highest BCUT2D eigenvalue weighted by Crippen LogP contribution is 2.03. The van der Waals surface area contributed by atoms with Gasteiger partial charge in [-0.1, -0.05) is 20.8 Å². The maximum atomic E-state index is 11.5. The molecule has 0 saturated carbocycles. The van der Waals surface area contributed by atoms with E-state index in [1.54, 1.807) is 0 Å². The number of rotatable bonds is 16. The van der Waals surface area contributed by atoms with E-state index in [1.165, 1.54) is 0 Å². The average molecular weight is 360 g/mol. The molecule has 0 aliphatic heterocycles. The van der Waals surface area contributed by atoms with E-state index in [0.29, 0.717) is 26.4 Å². The Balaban J connectivity index is 3.51. The van der Waals surface area contributed by atoms with Crippen molar-refractivity contribution < 1.29 is 33.3 Å². The van der Waals surface area contributed by atoms with Crippen LogP contribution in [0.1, 0.15) is 40.0 Å². The Morgan fingerprint density at radius 1 is 0.720 bits per heavy atom. The average Bonchev–Trinajstić information content (AvgIpc) is 2.62. The predicted octanol–water partition coefficient (Wildman–Crippen LogP) is 2.28. The van der Waals surface area contributed by atoms with Gasteiger partial charge in [-0.05, 0) is 19.3 Å². The molecule has 0 fully saturated rings. The first-order valence-electron chi connectivity index (χ1n) is 8.92. The molecular formula is C18H32O7. The fourth-order valence-electron chi connectivity index (χ4n) is 1.73. The van der Waals surface area contributed by atoms with Gasteiger partial charge in [0.2, 0.25) is 0 Å². The van der Waals surface area contributed by atoms with Crippen molar-refractivity contribution in [2.75, 3.05) is 46.2 Å². The zero-order valence-corrected chi connectivity index (χ0v) is 15.7. The monoisotopic (exact) mass is 360 g/mol. The fourth-order valence-corrected chi connectivity index (χ4v) is 1.73. The molecule has 7 nitrogen and oxygen atoms in total. The summed E-state index contributed by atoms with van der Waals surface area (Å²) in [5.41, 5.74) is 0. The van der Waals surface area contributed by atoms with Crippen molar-refractivity contribution in [3.05, 3.63) is 12.2 Å². The lowest BCUT2D eigenvalue weighted by Gasteiger charge is -2.11. The van der Waals surface area contributed by atoms with Gasteiger partial charge in [0, 0.05) is 18.8 Å². The van der Waals surface area contributed by atoms with Crippen LogP contribution in [-0.2, 0) is 33.3 Å². The van der Waals surface area contributed by atoms with E-state index < -0.39 is 11.9 Å². The number of carbonyl (C=O) groups excluding carboxylic acids is 2. The van der Waals surface area contributed by atoms with Crippen molar-refractivity contribution in [3.8, 4) is 0 Å². The van der Waals surface area contributed by atoms with Crippen molar-refractivity contribution in [2.24, 2.45) is 0 Å². The van der Waals surface area contributed by atoms with Crippen LogP contribution in [0.4, 0.5) is 0 Å². The van der Waals surface area contributed by atoms with Crippen molar-refractivity contribution in [3.63, 3.8) is 0 Å². The van der Waals surface area contributed by atoms with Crippen LogP contribution in [0, 0.1) is 0 Å². The first-order valence-corrected chi connectivity index (χ1v) is 8.92. The largest absolute Gasteiger partial charge is 0.460 e. The third kappa shape index (κ3) is 15.8. The van der Waals surface area contributed by atoms with E-state index in [0.717, 1.165) is 38.0 Å². The summed E-state index contributed by atoms with van der Waals surface area (Å²) in [6.45, 7) is 9.06. The molecule has 146 valence electrons. The minimum Gasteiger partial charge on any atom is -0.460 e. The smallest absolute Gasteiger partial charge is 0.331 e. The number of hydrogen-bond donors (Lipinski definition) is 0. The molecule has 0 bridgehead atoms. The Bertz CT molecular complexity index is 364. The van der Waals surface area contributed by atoms with Gasteiger partial charge >= 0.3 is 11.9 Å². The van der Waals surface area contributed by atoms with Gasteiger partial charge in [-0.25, -0.2) is 9.59 Å². The molecule has 0 aliphatic carbocycles. The molecular weight excluding hydrogens is 328 g/mol. The summed E-state index contributed by atoms with van der Waals surface area (Å²) in [4.78, 5) is 22.9. The Labute approximate surface area is 150 Å². The molecule has 0 aromatic carbocycles. The van der Waals surface area contributed by atoms with Gasteiger partial charge in [0.1, 0.15) is 12.7 Å². The summed E-state index contributed by atoms with van der Waals surface area (Å²) in [7, 11) is 0. The van der Waals surface area contributed by atoms with Crippen LogP contribution < -0.4 is 0 Å². The van der Waals surface area contributed by atoms with Crippen molar-refractivity contribution in [1.29, 1.82) is 0 Å². The predicted molar refractivity (Wildman–Crippen MR) is 93.3 cm³/mol. The van der Waals surface area contributed by atoms with E-state index in [-0.39, 0.29) is 19.3 Å². The lowest BCUT2D eigenvalue weighted by Crippen LogP contribution is -2.15. The van der Waals surface area contributed by atoms with E-state index in [4.69, 9.17) is 23.7 Å². The molecule has 7 heteroatoms. The second-order valence-electron chi connectivity index (χ2n) is 5.21. The number of carbonyl (C=O) groups is 2. The zero-order valence-electron chi connectivity index (χ0n) is 15.7. The molecule has 0 heterocycles. The van der Waals surface area contributed by atoms with E-state index in [9.17, 15) is 9.59 Å². The van der Waals surface area contributed by atoms with Crippen molar-refractivity contribution in [2.45, 2.75) is 46.1 Å². The minimum atomic E-state index is -0.602. The third-order valence-corrected chi connectivity index (χ3v) is 3.11. The van der Waals surface area contributed by atoms with Gasteiger partial charge in [-0.15, -0.1) is 0 Å². The van der Waals surface area contributed by atoms with Gasteiger partial charge < -0.3 is 23.7 Å². The Morgan fingerprint density at radius 2 is 1.20 bits per heavy atom. The van der Waals surface area contributed by atoms with Crippen LogP contribution in [0.15, 0.2) is 12.2 Å². The van der Waals surface area contributed by atoms with Gasteiger partial charge in [-0.2, -0.15) is 0 Å². The Kier molecular flexibility index (Phi) is 16.4. The third-order valence-electron chi connectivity index (χ3n) is 3.11. The highest BCUT2D eigenvalue weighted by atomic mass is 16.6. The van der Waals surface area contributed by atoms with E-state index in [2.05, 4.69) is 6.92 Å². The second kappa shape index (κ2) is 17.4. The maximum Gasteiger partial charge on any atom is 0.331 e. The molecule has 0 radical (unpaired) electrons. The normalized spacial score (nSPS) is 11.2. The zero-order chi connectivity index (χ0) is 18.8. The SMILES string of the molecule is CCCOCCOCCOCCOC(=O)/C=C/C(=O)OC(CC)CC. The Hall–Kier alpha value is -1.44. The van der Waals surface area contributed by atoms with Gasteiger partial charge in [0.15, 0.2) is 0 Å². The van der Waals surface area contributed by atoms with Crippen molar-refractivity contribution in [1.82, 2.24) is 0 Å². The minimum absolute atomic E-state index is 0.115. The summed E-state index contributed by atoms with van der Waals surface area (Å²) < 4.78 is 25.9. The number of esters is 2. The van der Waals surface area contributed by atoms with Crippen LogP contribution in [-0.4, -0.2) is 64.3 Å². The highest BCUT2D eigenvalue weighted by molar-refractivity contribution is 5.91. The van der Waals surface area contributed by atoms with Crippen LogP contribution >= 0.6 is 0 Å². The van der Waals surface area contributed by atoms with Crippen LogP contribution in [0.5, 0.6) is 0 Å². The first kappa shape index (κ1) is 23.6. The second-order valence-corrected chi connectivity index (χ2v) is 5.21. The maximum absolute atomic E-state index is 11.5. The topological polar surface area (TPSA) is 80.3 Å². The standard InChI is InChI=1S/C18H32O7/c1-4-9-21-10-11-22-12-13-23-14-15-24-17(19)7-8-18(20)25-16(5-2)6-3/h7-8,16H,4-6,9-15H2,1-3H3/b8-7+. The molecule has 0 aromatic rings. The molecule has 0 aliphatic rings. The molecule has 25 heavy (non-hydrogen) atoms. The summed E-state index contributed by atoms with van der Waals surface area (Å²) in [6, 6.07) is 0. The molecule has 0 saturated heterocycles. The lowest BCUT2D eigenvalue weighted by atomic mass is 10.2. The molecule has 0 amide bonds. The van der Waals surface area contributed by atoms with Gasteiger partial charge in [-0.3, -0.25) is 0 Å². The van der Waals surface area contributed by atoms with Crippen LogP contribution in [0.3, 0.4) is 0 Å². The summed E-state index contributed by atoms with van der Waals surface area (Å²) in [5, 5.41) is 0. The van der Waals surface area contributed by atoms with Crippen molar-refractivity contribution >= 4 is 11.9 Å². The molecule has 0 unspecified atom stereocenters. The van der Waals surface area contributed by atoms with E-state index in [1.807, 2.05) is 13.8 Å². The van der Waals surface area contributed by atoms with Gasteiger partial charge in [0.05, 0.1) is 33.0 Å². The Morgan fingerprint density at radius 3 is 1.72 bits per heavy atom. The number of ether oxygens (including phenoxy) is 5. The van der Waals surface area contributed by atoms with Gasteiger partial charge in [0.25, 0.3) is 0 Å². The molecule has 0 spiro atoms. The fraction of sp³-hybridized carbons (Fsp3) is 0.778. The summed E-state index contributed by atoms with van der Waals surface area (Å²) in [6.07, 6.45) is 4.50. The quantitative estimate of drug-likeness (QED) is 0.237. The molecule has 0 rings (SSSR count).